The summed E-state index contributed by atoms with van der Waals surface area (Å²) >= 11 is 0. The molecule has 0 aromatic carbocycles. The maximum atomic E-state index is 11.6. The van der Waals surface area contributed by atoms with Crippen LogP contribution in [0.4, 0.5) is 0 Å². The molecule has 2 aliphatic rings. The second kappa shape index (κ2) is 2.56. The lowest BCUT2D eigenvalue weighted by atomic mass is 9.71. The number of hydrogen-bond donors (Lipinski definition) is 0. The van der Waals surface area contributed by atoms with E-state index < -0.39 is 5.41 Å². The minimum absolute atomic E-state index is 0.238. The van der Waals surface area contributed by atoms with Crippen LogP contribution in [0.2, 0.25) is 0 Å². The molecular formula is C10H14O3. The fourth-order valence-corrected chi connectivity index (χ4v) is 2.81. The van der Waals surface area contributed by atoms with E-state index in [2.05, 4.69) is 0 Å². The first-order valence-corrected chi connectivity index (χ1v) is 4.85. The third-order valence-corrected chi connectivity index (χ3v) is 3.81. The summed E-state index contributed by atoms with van der Waals surface area (Å²) in [5.74, 6) is -0.562. The van der Waals surface area contributed by atoms with E-state index in [1.54, 1.807) is 0 Å². The minimum Gasteiger partial charge on any atom is -0.392 e. The quantitative estimate of drug-likeness (QED) is 0.421. The van der Waals surface area contributed by atoms with Crippen molar-refractivity contribution in [1.82, 2.24) is 0 Å². The topological polar surface area (TPSA) is 43.4 Å². The molecule has 1 spiro atoms. The molecule has 13 heavy (non-hydrogen) atoms. The monoisotopic (exact) mass is 182 g/mol. The van der Waals surface area contributed by atoms with E-state index in [1.165, 1.54) is 0 Å². The van der Waals surface area contributed by atoms with Crippen LogP contribution in [0.5, 0.6) is 0 Å². The molecule has 1 aliphatic carbocycles. The van der Waals surface area contributed by atoms with E-state index in [-0.39, 0.29) is 17.9 Å². The van der Waals surface area contributed by atoms with Gasteiger partial charge in [0.25, 0.3) is 0 Å². The maximum absolute atomic E-state index is 11.6. The van der Waals surface area contributed by atoms with Gasteiger partial charge < -0.3 is 4.74 Å². The molecular weight excluding hydrogens is 168 g/mol. The van der Waals surface area contributed by atoms with E-state index in [9.17, 15) is 9.59 Å². The highest BCUT2D eigenvalue weighted by Crippen LogP contribution is 2.52. The zero-order valence-corrected chi connectivity index (χ0v) is 8.00. The molecule has 3 nitrogen and oxygen atoms in total. The molecule has 1 saturated carbocycles. The van der Waals surface area contributed by atoms with E-state index in [4.69, 9.17) is 4.74 Å². The van der Waals surface area contributed by atoms with Crippen molar-refractivity contribution in [1.29, 1.82) is 0 Å². The van der Waals surface area contributed by atoms with Crippen molar-refractivity contribution in [2.45, 2.75) is 33.1 Å². The van der Waals surface area contributed by atoms with Gasteiger partial charge in [-0.3, -0.25) is 9.59 Å². The average Bonchev–Trinajstić information content (AvgIpc) is 2.54. The standard InChI is InChI=1S/C10H14O3/c1-6-4-3-5-10(6)7(2)8(11)13-9(10)12/h6-7H,3-5H2,1-2H3/t6-,7-,10+/m0/s1. The molecule has 0 amide bonds. The van der Waals surface area contributed by atoms with Gasteiger partial charge in [0.1, 0.15) is 0 Å². The van der Waals surface area contributed by atoms with Crippen molar-refractivity contribution in [2.24, 2.45) is 17.3 Å². The molecule has 0 unspecified atom stereocenters. The number of cyclic esters (lactones) is 2. The predicted molar refractivity (Wildman–Crippen MR) is 45.7 cm³/mol. The highest BCUT2D eigenvalue weighted by atomic mass is 16.6. The summed E-state index contributed by atoms with van der Waals surface area (Å²) in [6, 6.07) is 0. The number of carbonyl (C=O) groups excluding carboxylic acids is 2. The van der Waals surface area contributed by atoms with Gasteiger partial charge in [0.15, 0.2) is 0 Å². The van der Waals surface area contributed by atoms with Crippen molar-refractivity contribution in [3.8, 4) is 0 Å². The second-order valence-electron chi connectivity index (χ2n) is 4.26. The lowest BCUT2D eigenvalue weighted by molar-refractivity contribution is -0.155. The molecule has 1 aliphatic heterocycles. The average molecular weight is 182 g/mol. The van der Waals surface area contributed by atoms with Crippen molar-refractivity contribution < 1.29 is 14.3 Å². The van der Waals surface area contributed by atoms with Gasteiger partial charge in [-0.25, -0.2) is 0 Å². The molecule has 3 atom stereocenters. The first-order valence-electron chi connectivity index (χ1n) is 4.85. The minimum atomic E-state index is -0.475. The summed E-state index contributed by atoms with van der Waals surface area (Å²) in [6.07, 6.45) is 2.89. The van der Waals surface area contributed by atoms with Crippen molar-refractivity contribution in [2.75, 3.05) is 0 Å². The van der Waals surface area contributed by atoms with Gasteiger partial charge in [-0.2, -0.15) is 0 Å². The van der Waals surface area contributed by atoms with Gasteiger partial charge in [-0.05, 0) is 18.8 Å². The smallest absolute Gasteiger partial charge is 0.320 e. The zero-order chi connectivity index (χ0) is 9.64. The van der Waals surface area contributed by atoms with E-state index in [0.29, 0.717) is 5.92 Å². The number of esters is 2. The molecule has 1 heterocycles. The van der Waals surface area contributed by atoms with Gasteiger partial charge in [0.05, 0.1) is 11.3 Å². The van der Waals surface area contributed by atoms with Crippen LogP contribution in [0.1, 0.15) is 33.1 Å². The van der Waals surface area contributed by atoms with Crippen LogP contribution in [0.3, 0.4) is 0 Å². The summed E-state index contributed by atoms with van der Waals surface area (Å²) in [5, 5.41) is 0. The molecule has 0 bridgehead atoms. The Balaban J connectivity index is 2.40. The molecule has 1 saturated heterocycles. The lowest BCUT2D eigenvalue weighted by Gasteiger charge is -2.26. The van der Waals surface area contributed by atoms with E-state index >= 15 is 0 Å². The van der Waals surface area contributed by atoms with Gasteiger partial charge in [-0.15, -0.1) is 0 Å². The molecule has 0 aromatic rings. The normalized spacial score (nSPS) is 44.5. The van der Waals surface area contributed by atoms with Crippen molar-refractivity contribution in [3.63, 3.8) is 0 Å². The molecule has 0 radical (unpaired) electrons. The first-order chi connectivity index (χ1) is 6.09. The summed E-state index contributed by atoms with van der Waals surface area (Å²) in [5.41, 5.74) is -0.475. The molecule has 2 rings (SSSR count). The van der Waals surface area contributed by atoms with Gasteiger partial charge >= 0.3 is 11.9 Å². The van der Waals surface area contributed by atoms with Crippen molar-refractivity contribution in [3.05, 3.63) is 0 Å². The van der Waals surface area contributed by atoms with E-state index in [0.717, 1.165) is 19.3 Å². The van der Waals surface area contributed by atoms with Crippen LogP contribution in [-0.4, -0.2) is 11.9 Å². The zero-order valence-electron chi connectivity index (χ0n) is 8.00. The summed E-state index contributed by atoms with van der Waals surface area (Å²) in [6.45, 7) is 3.86. The Morgan fingerprint density at radius 2 is 2.08 bits per heavy atom. The Hall–Kier alpha value is -0.860. The van der Waals surface area contributed by atoms with Crippen LogP contribution >= 0.6 is 0 Å². The van der Waals surface area contributed by atoms with E-state index in [1.807, 2.05) is 13.8 Å². The van der Waals surface area contributed by atoms with Gasteiger partial charge in [0.2, 0.25) is 0 Å². The van der Waals surface area contributed by atoms with Crippen LogP contribution < -0.4 is 0 Å². The maximum Gasteiger partial charge on any atom is 0.320 e. The Bertz CT molecular complexity index is 271. The van der Waals surface area contributed by atoms with Gasteiger partial charge in [-0.1, -0.05) is 20.3 Å². The summed E-state index contributed by atoms with van der Waals surface area (Å²) in [7, 11) is 0. The molecule has 72 valence electrons. The Morgan fingerprint density at radius 1 is 1.38 bits per heavy atom. The fourth-order valence-electron chi connectivity index (χ4n) is 2.81. The van der Waals surface area contributed by atoms with Gasteiger partial charge in [0, 0.05) is 0 Å². The highest BCUT2D eigenvalue weighted by molar-refractivity contribution is 5.99. The van der Waals surface area contributed by atoms with Crippen LogP contribution in [0, 0.1) is 17.3 Å². The Kier molecular flexibility index (Phi) is 1.72. The largest absolute Gasteiger partial charge is 0.392 e. The first kappa shape index (κ1) is 8.73. The summed E-state index contributed by atoms with van der Waals surface area (Å²) in [4.78, 5) is 22.8. The molecule has 0 aromatic heterocycles. The van der Waals surface area contributed by atoms with Crippen molar-refractivity contribution >= 4 is 11.9 Å². The number of hydrogen-bond acceptors (Lipinski definition) is 3. The molecule has 0 N–H and O–H groups in total. The van der Waals surface area contributed by atoms with Crippen LogP contribution in [0.15, 0.2) is 0 Å². The van der Waals surface area contributed by atoms with Crippen LogP contribution in [-0.2, 0) is 14.3 Å². The number of rotatable bonds is 0. The second-order valence-corrected chi connectivity index (χ2v) is 4.26. The highest BCUT2D eigenvalue weighted by Gasteiger charge is 2.59. The fraction of sp³-hybridized carbons (Fsp3) is 0.800. The number of ether oxygens (including phenoxy) is 1. The Morgan fingerprint density at radius 3 is 2.46 bits per heavy atom. The summed E-state index contributed by atoms with van der Waals surface area (Å²) < 4.78 is 4.70. The number of carbonyl (C=O) groups is 2. The van der Waals surface area contributed by atoms with Crippen LogP contribution in [0.25, 0.3) is 0 Å². The predicted octanol–water partition coefficient (Wildman–Crippen LogP) is 1.51. The third kappa shape index (κ3) is 0.901. The SMILES string of the molecule is C[C@H]1CCC[C@@]12C(=O)OC(=O)[C@@H]2C. The Labute approximate surface area is 77.4 Å². The molecule has 3 heteroatoms. The lowest BCUT2D eigenvalue weighted by Crippen LogP contribution is -2.34. The molecule has 2 fully saturated rings. The third-order valence-electron chi connectivity index (χ3n) is 3.81.